The summed E-state index contributed by atoms with van der Waals surface area (Å²) in [5.41, 5.74) is 7.97. The van der Waals surface area contributed by atoms with Crippen LogP contribution in [0.1, 0.15) is 57.6 Å². The van der Waals surface area contributed by atoms with E-state index in [4.69, 9.17) is 10.7 Å². The fraction of sp³-hybridized carbons (Fsp3) is 0.652. The number of halogens is 1. The maximum Gasteiger partial charge on any atom is 0.221 e. The Morgan fingerprint density at radius 1 is 1.23 bits per heavy atom. The minimum absolute atomic E-state index is 0. The van der Waals surface area contributed by atoms with Crippen LogP contribution in [0.5, 0.6) is 0 Å². The Bertz CT molecular complexity index is 663. The molecule has 1 amide bonds. The van der Waals surface area contributed by atoms with Gasteiger partial charge in [-0.05, 0) is 43.4 Å². The summed E-state index contributed by atoms with van der Waals surface area (Å²) in [7, 11) is 0. The van der Waals surface area contributed by atoms with Gasteiger partial charge in [0.15, 0.2) is 5.96 Å². The van der Waals surface area contributed by atoms with E-state index in [1.54, 1.807) is 0 Å². The van der Waals surface area contributed by atoms with E-state index in [1.807, 2.05) is 0 Å². The van der Waals surface area contributed by atoms with Crippen LogP contribution in [0.4, 0.5) is 0 Å². The third-order valence-electron chi connectivity index (χ3n) is 5.78. The molecule has 0 aromatic heterocycles. The van der Waals surface area contributed by atoms with Crippen molar-refractivity contribution in [2.45, 2.75) is 59.5 Å². The van der Waals surface area contributed by atoms with E-state index >= 15 is 0 Å². The van der Waals surface area contributed by atoms with Crippen molar-refractivity contribution in [2.75, 3.05) is 26.2 Å². The van der Waals surface area contributed by atoms with Crippen molar-refractivity contribution in [3.63, 3.8) is 0 Å². The average molecular weight is 530 g/mol. The highest BCUT2D eigenvalue weighted by Gasteiger charge is 2.23. The first-order chi connectivity index (χ1) is 14.0. The smallest absolute Gasteiger partial charge is 0.221 e. The molecule has 4 N–H and O–H groups in total. The van der Waals surface area contributed by atoms with Gasteiger partial charge in [-0.25, -0.2) is 4.99 Å². The zero-order chi connectivity index (χ0) is 21.1. The van der Waals surface area contributed by atoms with E-state index in [-0.39, 0.29) is 35.8 Å². The highest BCUT2D eigenvalue weighted by Crippen LogP contribution is 2.19. The summed E-state index contributed by atoms with van der Waals surface area (Å²) in [5, 5.41) is 6.81. The molecular formula is C23H40IN5O. The van der Waals surface area contributed by atoms with Gasteiger partial charge in [0.1, 0.15) is 0 Å². The predicted octanol–water partition coefficient (Wildman–Crippen LogP) is 3.49. The van der Waals surface area contributed by atoms with E-state index in [2.05, 4.69) is 60.6 Å². The maximum absolute atomic E-state index is 11.5. The summed E-state index contributed by atoms with van der Waals surface area (Å²) >= 11 is 0. The molecular weight excluding hydrogens is 489 g/mol. The fourth-order valence-corrected chi connectivity index (χ4v) is 3.85. The average Bonchev–Trinajstić information content (AvgIpc) is 2.73. The summed E-state index contributed by atoms with van der Waals surface area (Å²) in [6.45, 7) is 11.7. The summed E-state index contributed by atoms with van der Waals surface area (Å²) in [6.07, 6.45) is 4.31. The number of nitrogens with one attached hydrogen (secondary N) is 2. The third kappa shape index (κ3) is 9.20. The summed E-state index contributed by atoms with van der Waals surface area (Å²) in [5.74, 6) is 1.37. The minimum Gasteiger partial charge on any atom is -0.369 e. The van der Waals surface area contributed by atoms with Crippen molar-refractivity contribution in [3.8, 4) is 0 Å². The number of benzene rings is 1. The predicted molar refractivity (Wildman–Crippen MR) is 136 cm³/mol. The van der Waals surface area contributed by atoms with Crippen LogP contribution in [0.25, 0.3) is 0 Å². The SMILES string of the molecule is CCNC(=NCc1cccc(CN2CCCC(C(N)=O)C2)c1)NCC(CC)CC.I. The molecule has 6 nitrogen and oxygen atoms in total. The topological polar surface area (TPSA) is 82.8 Å². The zero-order valence-corrected chi connectivity index (χ0v) is 21.2. The van der Waals surface area contributed by atoms with Crippen molar-refractivity contribution < 1.29 is 4.79 Å². The molecule has 0 saturated carbocycles. The fourth-order valence-electron chi connectivity index (χ4n) is 3.85. The molecule has 1 aromatic rings. The Kier molecular flexibility index (Phi) is 13.0. The first-order valence-corrected chi connectivity index (χ1v) is 11.2. The first-order valence-electron chi connectivity index (χ1n) is 11.2. The highest BCUT2D eigenvalue weighted by atomic mass is 127. The third-order valence-corrected chi connectivity index (χ3v) is 5.78. The minimum atomic E-state index is -0.172. The number of aliphatic imine (C=N–C) groups is 1. The molecule has 1 fully saturated rings. The molecule has 7 heteroatoms. The number of nitrogens with zero attached hydrogens (tertiary/aromatic N) is 2. The number of piperidine rings is 1. The van der Waals surface area contributed by atoms with Gasteiger partial charge in [-0.2, -0.15) is 0 Å². The van der Waals surface area contributed by atoms with Crippen LogP contribution < -0.4 is 16.4 Å². The summed E-state index contributed by atoms with van der Waals surface area (Å²) in [4.78, 5) is 18.6. The number of guanidine groups is 1. The maximum atomic E-state index is 11.5. The molecule has 1 atom stereocenters. The molecule has 1 aromatic carbocycles. The van der Waals surface area contributed by atoms with Crippen molar-refractivity contribution >= 4 is 35.8 Å². The van der Waals surface area contributed by atoms with Crippen LogP contribution >= 0.6 is 24.0 Å². The van der Waals surface area contributed by atoms with E-state index in [1.165, 1.54) is 24.0 Å². The number of likely N-dealkylation sites (tertiary alicyclic amines) is 1. The number of rotatable bonds is 10. The lowest BCUT2D eigenvalue weighted by Gasteiger charge is -2.31. The summed E-state index contributed by atoms with van der Waals surface area (Å²) < 4.78 is 0. The number of carbonyl (C=O) groups excluding carboxylic acids is 1. The molecule has 170 valence electrons. The van der Waals surface area contributed by atoms with Gasteiger partial charge in [0.2, 0.25) is 5.91 Å². The van der Waals surface area contributed by atoms with Gasteiger partial charge in [-0.3, -0.25) is 9.69 Å². The van der Waals surface area contributed by atoms with Gasteiger partial charge >= 0.3 is 0 Å². The standard InChI is InChI=1S/C23H39N5O.HI/c1-4-18(5-2)14-26-23(25-6-3)27-15-19-9-7-10-20(13-19)16-28-12-8-11-21(17-28)22(24)29;/h7,9-10,13,18,21H,4-6,8,11-12,14-17H2,1-3H3,(H2,24,29)(H2,25,26,27);1H. The number of hydrogen-bond donors (Lipinski definition) is 3. The van der Waals surface area contributed by atoms with Crippen molar-refractivity contribution in [3.05, 3.63) is 35.4 Å². The molecule has 0 aliphatic carbocycles. The molecule has 1 heterocycles. The molecule has 2 rings (SSSR count). The van der Waals surface area contributed by atoms with Crippen LogP contribution in [-0.2, 0) is 17.9 Å². The first kappa shape index (κ1) is 26.7. The van der Waals surface area contributed by atoms with Crippen molar-refractivity contribution in [2.24, 2.45) is 22.6 Å². The second kappa shape index (κ2) is 14.6. The van der Waals surface area contributed by atoms with E-state index in [0.29, 0.717) is 12.5 Å². The monoisotopic (exact) mass is 529 g/mol. The van der Waals surface area contributed by atoms with Gasteiger partial charge in [0.05, 0.1) is 12.5 Å². The number of amides is 1. The van der Waals surface area contributed by atoms with Crippen molar-refractivity contribution in [1.29, 1.82) is 0 Å². The van der Waals surface area contributed by atoms with Crippen LogP contribution in [0.2, 0.25) is 0 Å². The van der Waals surface area contributed by atoms with Gasteiger partial charge in [0.25, 0.3) is 0 Å². The highest BCUT2D eigenvalue weighted by molar-refractivity contribution is 14.0. The molecule has 0 radical (unpaired) electrons. The quantitative estimate of drug-likeness (QED) is 0.246. The lowest BCUT2D eigenvalue weighted by Crippen LogP contribution is -2.40. The molecule has 1 saturated heterocycles. The lowest BCUT2D eigenvalue weighted by molar-refractivity contribution is -0.123. The van der Waals surface area contributed by atoms with E-state index < -0.39 is 0 Å². The Morgan fingerprint density at radius 3 is 2.63 bits per heavy atom. The Hall–Kier alpha value is -1.35. The van der Waals surface area contributed by atoms with Gasteiger partial charge < -0.3 is 16.4 Å². The second-order valence-corrected chi connectivity index (χ2v) is 8.06. The number of hydrogen-bond acceptors (Lipinski definition) is 3. The van der Waals surface area contributed by atoms with E-state index in [0.717, 1.165) is 51.5 Å². The molecule has 1 aliphatic rings. The molecule has 1 aliphatic heterocycles. The Labute approximate surface area is 199 Å². The molecule has 0 spiro atoms. The van der Waals surface area contributed by atoms with Crippen LogP contribution in [0.3, 0.4) is 0 Å². The Morgan fingerprint density at radius 2 is 1.97 bits per heavy atom. The number of nitrogens with two attached hydrogens (primary N) is 1. The summed E-state index contributed by atoms with van der Waals surface area (Å²) in [6, 6.07) is 8.60. The normalized spacial score (nSPS) is 17.5. The van der Waals surface area contributed by atoms with Gasteiger partial charge in [-0.15, -0.1) is 24.0 Å². The molecule has 30 heavy (non-hydrogen) atoms. The molecule has 0 bridgehead atoms. The largest absolute Gasteiger partial charge is 0.369 e. The zero-order valence-electron chi connectivity index (χ0n) is 18.8. The number of carbonyl (C=O) groups is 1. The Balaban J connectivity index is 0.00000450. The number of primary amides is 1. The van der Waals surface area contributed by atoms with Gasteiger partial charge in [0, 0.05) is 26.2 Å². The van der Waals surface area contributed by atoms with Crippen LogP contribution in [0, 0.1) is 11.8 Å². The lowest BCUT2D eigenvalue weighted by atomic mass is 9.97. The van der Waals surface area contributed by atoms with Crippen molar-refractivity contribution in [1.82, 2.24) is 15.5 Å². The van der Waals surface area contributed by atoms with Gasteiger partial charge in [-0.1, -0.05) is 51.0 Å². The second-order valence-electron chi connectivity index (χ2n) is 8.06. The molecule has 1 unspecified atom stereocenters. The van der Waals surface area contributed by atoms with Crippen LogP contribution in [-0.4, -0.2) is 42.9 Å². The van der Waals surface area contributed by atoms with E-state index in [9.17, 15) is 4.79 Å². The van der Waals surface area contributed by atoms with Crippen LogP contribution in [0.15, 0.2) is 29.3 Å².